The summed E-state index contributed by atoms with van der Waals surface area (Å²) in [5.74, 6) is 0. The van der Waals surface area contributed by atoms with Crippen LogP contribution in [0.4, 0.5) is 4.79 Å². The molecule has 0 radical (unpaired) electrons. The van der Waals surface area contributed by atoms with Crippen LogP contribution in [0.15, 0.2) is 24.3 Å². The first kappa shape index (κ1) is 14.8. The Kier molecular flexibility index (Phi) is 5.48. The van der Waals surface area contributed by atoms with Gasteiger partial charge in [0.15, 0.2) is 0 Å². The van der Waals surface area contributed by atoms with E-state index < -0.39 is 5.54 Å². The van der Waals surface area contributed by atoms with Gasteiger partial charge in [-0.3, -0.25) is 0 Å². The first-order chi connectivity index (χ1) is 8.47. The van der Waals surface area contributed by atoms with Crippen LogP contribution < -0.4 is 10.6 Å². The van der Waals surface area contributed by atoms with Crippen molar-refractivity contribution in [2.24, 2.45) is 0 Å². The van der Waals surface area contributed by atoms with Crippen molar-refractivity contribution in [2.45, 2.75) is 39.2 Å². The first-order valence-electron chi connectivity index (χ1n) is 6.28. The summed E-state index contributed by atoms with van der Waals surface area (Å²) < 4.78 is 0. The number of nitrogens with one attached hydrogen (secondary N) is 2. The Morgan fingerprint density at radius 3 is 2.61 bits per heavy atom. The second kappa shape index (κ2) is 6.64. The third kappa shape index (κ3) is 4.22. The summed E-state index contributed by atoms with van der Waals surface area (Å²) in [4.78, 5) is 11.8. The molecule has 0 aliphatic heterocycles. The van der Waals surface area contributed by atoms with Crippen molar-refractivity contribution in [2.75, 3.05) is 6.54 Å². The smallest absolute Gasteiger partial charge is 0.315 e. The molecule has 2 N–H and O–H groups in total. The molecule has 0 heterocycles. The van der Waals surface area contributed by atoms with E-state index in [-0.39, 0.29) is 6.03 Å². The number of carbonyl (C=O) groups is 1. The van der Waals surface area contributed by atoms with Gasteiger partial charge in [-0.2, -0.15) is 0 Å². The number of carbonyl (C=O) groups excluding carboxylic acids is 1. The molecule has 2 amide bonds. The van der Waals surface area contributed by atoms with E-state index in [1.807, 2.05) is 38.1 Å². The SMILES string of the molecule is CCCCNC(=O)NC(C)(C)c1ccccc1Cl. The minimum absolute atomic E-state index is 0.159. The van der Waals surface area contributed by atoms with Gasteiger partial charge in [0.1, 0.15) is 0 Å². The van der Waals surface area contributed by atoms with Crippen molar-refractivity contribution in [3.63, 3.8) is 0 Å². The second-order valence-corrected chi connectivity index (χ2v) is 5.25. The van der Waals surface area contributed by atoms with Crippen LogP contribution in [0.3, 0.4) is 0 Å². The highest BCUT2D eigenvalue weighted by molar-refractivity contribution is 6.31. The van der Waals surface area contributed by atoms with E-state index in [0.717, 1.165) is 18.4 Å². The van der Waals surface area contributed by atoms with Gasteiger partial charge in [-0.15, -0.1) is 0 Å². The molecular formula is C14H21ClN2O. The molecule has 1 rings (SSSR count). The maximum absolute atomic E-state index is 11.8. The molecule has 0 spiro atoms. The highest BCUT2D eigenvalue weighted by Gasteiger charge is 2.24. The molecule has 0 bridgehead atoms. The Bertz CT molecular complexity index is 405. The van der Waals surface area contributed by atoms with Crippen LogP contribution in [-0.2, 0) is 5.54 Å². The van der Waals surface area contributed by atoms with Crippen LogP contribution in [0, 0.1) is 0 Å². The van der Waals surface area contributed by atoms with Gasteiger partial charge >= 0.3 is 6.03 Å². The average molecular weight is 269 g/mol. The topological polar surface area (TPSA) is 41.1 Å². The summed E-state index contributed by atoms with van der Waals surface area (Å²) in [6.07, 6.45) is 2.05. The summed E-state index contributed by atoms with van der Waals surface area (Å²) in [5, 5.41) is 6.44. The van der Waals surface area contributed by atoms with Gasteiger partial charge in [0, 0.05) is 11.6 Å². The summed E-state index contributed by atoms with van der Waals surface area (Å²) in [5.41, 5.74) is 0.423. The maximum Gasteiger partial charge on any atom is 0.315 e. The third-order valence-electron chi connectivity index (χ3n) is 2.79. The van der Waals surface area contributed by atoms with E-state index >= 15 is 0 Å². The fourth-order valence-electron chi connectivity index (χ4n) is 1.74. The molecule has 1 aromatic carbocycles. The minimum atomic E-state index is -0.491. The van der Waals surface area contributed by atoms with Gasteiger partial charge in [0.25, 0.3) is 0 Å². The normalized spacial score (nSPS) is 11.1. The van der Waals surface area contributed by atoms with Crippen LogP contribution in [-0.4, -0.2) is 12.6 Å². The number of amides is 2. The number of rotatable bonds is 5. The number of halogens is 1. The van der Waals surface area contributed by atoms with Gasteiger partial charge in [-0.05, 0) is 31.9 Å². The Labute approximate surface area is 114 Å². The Balaban J connectivity index is 2.64. The lowest BCUT2D eigenvalue weighted by atomic mass is 9.94. The molecule has 0 aromatic heterocycles. The number of benzene rings is 1. The average Bonchev–Trinajstić information content (AvgIpc) is 2.29. The zero-order chi connectivity index (χ0) is 13.6. The maximum atomic E-state index is 11.8. The molecule has 0 aliphatic rings. The molecule has 0 unspecified atom stereocenters. The highest BCUT2D eigenvalue weighted by atomic mass is 35.5. The highest BCUT2D eigenvalue weighted by Crippen LogP contribution is 2.27. The van der Waals surface area contributed by atoms with Crippen molar-refractivity contribution in [3.8, 4) is 0 Å². The van der Waals surface area contributed by atoms with Gasteiger partial charge in [0.2, 0.25) is 0 Å². The summed E-state index contributed by atoms with van der Waals surface area (Å²) in [6, 6.07) is 7.39. The third-order valence-corrected chi connectivity index (χ3v) is 3.12. The predicted molar refractivity (Wildman–Crippen MR) is 75.9 cm³/mol. The molecule has 100 valence electrons. The predicted octanol–water partition coefficient (Wildman–Crippen LogP) is 3.67. The Hall–Kier alpha value is -1.22. The van der Waals surface area contributed by atoms with E-state index in [1.165, 1.54) is 0 Å². The van der Waals surface area contributed by atoms with Gasteiger partial charge in [-0.25, -0.2) is 4.79 Å². The van der Waals surface area contributed by atoms with Crippen LogP contribution >= 0.6 is 11.6 Å². The number of hydrogen-bond donors (Lipinski definition) is 2. The molecule has 0 fully saturated rings. The second-order valence-electron chi connectivity index (χ2n) is 4.84. The quantitative estimate of drug-likeness (QED) is 0.786. The molecule has 0 aliphatic carbocycles. The van der Waals surface area contributed by atoms with Crippen molar-refractivity contribution in [1.29, 1.82) is 0 Å². The van der Waals surface area contributed by atoms with E-state index in [0.29, 0.717) is 11.6 Å². The van der Waals surface area contributed by atoms with Crippen molar-refractivity contribution >= 4 is 17.6 Å². The fourth-order valence-corrected chi connectivity index (χ4v) is 2.11. The molecule has 4 heteroatoms. The summed E-state index contributed by atoms with van der Waals surface area (Å²) >= 11 is 6.15. The van der Waals surface area contributed by atoms with Crippen LogP contribution in [0.2, 0.25) is 5.02 Å². The lowest BCUT2D eigenvalue weighted by Crippen LogP contribution is -2.46. The minimum Gasteiger partial charge on any atom is -0.338 e. The molecule has 0 atom stereocenters. The molecule has 18 heavy (non-hydrogen) atoms. The monoisotopic (exact) mass is 268 g/mol. The lowest BCUT2D eigenvalue weighted by Gasteiger charge is -2.28. The zero-order valence-electron chi connectivity index (χ0n) is 11.2. The summed E-state index contributed by atoms with van der Waals surface area (Å²) in [7, 11) is 0. The Morgan fingerprint density at radius 2 is 2.00 bits per heavy atom. The molecule has 0 saturated carbocycles. The molecular weight excluding hydrogens is 248 g/mol. The number of unbranched alkanes of at least 4 members (excludes halogenated alkanes) is 1. The standard InChI is InChI=1S/C14H21ClN2O/c1-4-5-10-16-13(18)17-14(2,3)11-8-6-7-9-12(11)15/h6-9H,4-5,10H2,1-3H3,(H2,16,17,18). The van der Waals surface area contributed by atoms with Crippen LogP contribution in [0.1, 0.15) is 39.2 Å². The van der Waals surface area contributed by atoms with Gasteiger partial charge < -0.3 is 10.6 Å². The fraction of sp³-hybridized carbons (Fsp3) is 0.500. The number of urea groups is 1. The zero-order valence-corrected chi connectivity index (χ0v) is 12.0. The lowest BCUT2D eigenvalue weighted by molar-refractivity contribution is 0.230. The van der Waals surface area contributed by atoms with E-state index in [1.54, 1.807) is 0 Å². The van der Waals surface area contributed by atoms with E-state index in [2.05, 4.69) is 17.6 Å². The largest absolute Gasteiger partial charge is 0.338 e. The van der Waals surface area contributed by atoms with E-state index in [4.69, 9.17) is 11.6 Å². The number of hydrogen-bond acceptors (Lipinski definition) is 1. The van der Waals surface area contributed by atoms with Crippen molar-refractivity contribution < 1.29 is 4.79 Å². The summed E-state index contributed by atoms with van der Waals surface area (Å²) in [6.45, 7) is 6.66. The van der Waals surface area contributed by atoms with Crippen LogP contribution in [0.25, 0.3) is 0 Å². The van der Waals surface area contributed by atoms with Crippen molar-refractivity contribution in [3.05, 3.63) is 34.9 Å². The van der Waals surface area contributed by atoms with Gasteiger partial charge in [0.05, 0.1) is 5.54 Å². The molecule has 0 saturated heterocycles. The van der Waals surface area contributed by atoms with E-state index in [9.17, 15) is 4.79 Å². The first-order valence-corrected chi connectivity index (χ1v) is 6.66. The van der Waals surface area contributed by atoms with Gasteiger partial charge in [-0.1, -0.05) is 43.1 Å². The van der Waals surface area contributed by atoms with Crippen LogP contribution in [0.5, 0.6) is 0 Å². The van der Waals surface area contributed by atoms with Crippen molar-refractivity contribution in [1.82, 2.24) is 10.6 Å². The molecule has 1 aromatic rings. The Morgan fingerprint density at radius 1 is 1.33 bits per heavy atom. The molecule has 3 nitrogen and oxygen atoms in total.